The van der Waals surface area contributed by atoms with Crippen LogP contribution < -0.4 is 9.62 Å². The predicted molar refractivity (Wildman–Crippen MR) is 157 cm³/mol. The van der Waals surface area contributed by atoms with Crippen molar-refractivity contribution in [2.24, 2.45) is 5.92 Å². The maximum Gasteiger partial charge on any atom is 0.244 e. The first-order chi connectivity index (χ1) is 18.5. The van der Waals surface area contributed by atoms with Crippen molar-refractivity contribution >= 4 is 39.1 Å². The number of benzene rings is 3. The minimum absolute atomic E-state index is 0.0807. The lowest BCUT2D eigenvalue weighted by atomic mass is 10.0. The quantitative estimate of drug-likeness (QED) is 0.338. The minimum Gasteiger partial charge on any atom is -0.354 e. The Hall–Kier alpha value is -3.36. The predicted octanol–water partition coefficient (Wildman–Crippen LogP) is 4.83. The van der Waals surface area contributed by atoms with Crippen LogP contribution in [0.1, 0.15) is 30.5 Å². The molecule has 208 valence electrons. The third kappa shape index (κ3) is 8.83. The molecule has 39 heavy (non-hydrogen) atoms. The van der Waals surface area contributed by atoms with Gasteiger partial charge in [0, 0.05) is 24.5 Å². The number of anilines is 1. The summed E-state index contributed by atoms with van der Waals surface area (Å²) in [5, 5.41) is 3.47. The van der Waals surface area contributed by atoms with Gasteiger partial charge in [-0.2, -0.15) is 0 Å². The maximum absolute atomic E-state index is 14.1. The molecule has 0 aromatic heterocycles. The van der Waals surface area contributed by atoms with Gasteiger partial charge in [0.05, 0.1) is 11.9 Å². The molecule has 0 heterocycles. The summed E-state index contributed by atoms with van der Waals surface area (Å²) in [5.74, 6) is -0.584. The van der Waals surface area contributed by atoms with E-state index < -0.39 is 28.5 Å². The van der Waals surface area contributed by atoms with Crippen LogP contribution in [-0.4, -0.2) is 50.5 Å². The first-order valence-corrected chi connectivity index (χ1v) is 15.1. The number of hydrogen-bond donors (Lipinski definition) is 1. The molecule has 1 N–H and O–H groups in total. The van der Waals surface area contributed by atoms with Crippen LogP contribution >= 0.6 is 11.6 Å². The van der Waals surface area contributed by atoms with Gasteiger partial charge in [-0.25, -0.2) is 8.42 Å². The summed E-state index contributed by atoms with van der Waals surface area (Å²) in [6.07, 6.45) is 1.34. The van der Waals surface area contributed by atoms with Gasteiger partial charge in [0.2, 0.25) is 21.8 Å². The topological polar surface area (TPSA) is 86.8 Å². The molecule has 0 bridgehead atoms. The molecular formula is C30H36ClN3O4S. The van der Waals surface area contributed by atoms with Gasteiger partial charge in [0.15, 0.2) is 0 Å². The van der Waals surface area contributed by atoms with E-state index in [4.69, 9.17) is 11.6 Å². The zero-order chi connectivity index (χ0) is 28.6. The zero-order valence-corrected chi connectivity index (χ0v) is 24.4. The van der Waals surface area contributed by atoms with Crippen LogP contribution in [0.15, 0.2) is 78.9 Å². The van der Waals surface area contributed by atoms with Gasteiger partial charge in [0.1, 0.15) is 12.6 Å². The van der Waals surface area contributed by atoms with E-state index in [0.29, 0.717) is 22.8 Å². The lowest BCUT2D eigenvalue weighted by molar-refractivity contribution is -0.140. The van der Waals surface area contributed by atoms with Crippen LogP contribution in [0.2, 0.25) is 5.02 Å². The number of carbonyl (C=O) groups excluding carboxylic acids is 2. The van der Waals surface area contributed by atoms with Crippen LogP contribution in [0.4, 0.5) is 5.69 Å². The lowest BCUT2D eigenvalue weighted by Crippen LogP contribution is -2.53. The fourth-order valence-corrected chi connectivity index (χ4v) is 5.37. The maximum atomic E-state index is 14.1. The third-order valence-corrected chi connectivity index (χ3v) is 7.62. The van der Waals surface area contributed by atoms with Crippen LogP contribution in [0.5, 0.6) is 0 Å². The monoisotopic (exact) mass is 569 g/mol. The highest BCUT2D eigenvalue weighted by molar-refractivity contribution is 7.92. The summed E-state index contributed by atoms with van der Waals surface area (Å²) in [6.45, 7) is 5.85. The molecule has 0 radical (unpaired) electrons. The number of carbonyl (C=O) groups is 2. The average molecular weight is 570 g/mol. The Morgan fingerprint density at radius 1 is 0.923 bits per heavy atom. The van der Waals surface area contributed by atoms with Crippen molar-refractivity contribution in [3.63, 3.8) is 0 Å². The van der Waals surface area contributed by atoms with E-state index in [1.54, 1.807) is 43.3 Å². The Labute approximate surface area is 236 Å². The number of rotatable bonds is 12. The summed E-state index contributed by atoms with van der Waals surface area (Å²) in [4.78, 5) is 29.1. The molecule has 0 aliphatic heterocycles. The average Bonchev–Trinajstić information content (AvgIpc) is 2.88. The molecule has 9 heteroatoms. The van der Waals surface area contributed by atoms with Crippen molar-refractivity contribution < 1.29 is 18.0 Å². The van der Waals surface area contributed by atoms with Crippen molar-refractivity contribution in [1.29, 1.82) is 0 Å². The molecule has 1 atom stereocenters. The van der Waals surface area contributed by atoms with E-state index in [0.717, 1.165) is 21.7 Å². The highest BCUT2D eigenvalue weighted by atomic mass is 35.5. The second kappa shape index (κ2) is 13.6. The van der Waals surface area contributed by atoms with Crippen LogP contribution in [0.25, 0.3) is 0 Å². The third-order valence-electron chi connectivity index (χ3n) is 6.26. The molecule has 3 aromatic carbocycles. The molecule has 0 saturated heterocycles. The molecule has 3 aromatic rings. The van der Waals surface area contributed by atoms with E-state index in [-0.39, 0.29) is 24.8 Å². The Morgan fingerprint density at radius 2 is 1.56 bits per heavy atom. The molecular weight excluding hydrogens is 534 g/mol. The molecule has 0 spiro atoms. The highest BCUT2D eigenvalue weighted by Gasteiger charge is 2.33. The zero-order valence-electron chi connectivity index (χ0n) is 22.8. The van der Waals surface area contributed by atoms with E-state index in [1.807, 2.05) is 56.3 Å². The van der Waals surface area contributed by atoms with Gasteiger partial charge in [-0.05, 0) is 47.7 Å². The second-order valence-corrected chi connectivity index (χ2v) is 12.4. The standard InChI is InChI=1S/C30H36ClN3O4S/c1-22(2)19-32-30(36)28(18-24-12-6-5-7-13-24)33(20-25-14-10-15-26(31)17-25)29(35)21-34(39(4,37)38)27-16-9-8-11-23(27)3/h5-17,22,28H,18-21H2,1-4H3,(H,32,36)/t28-/m0/s1. The number of para-hydroxylation sites is 1. The smallest absolute Gasteiger partial charge is 0.244 e. The fourth-order valence-electron chi connectivity index (χ4n) is 4.25. The summed E-state index contributed by atoms with van der Waals surface area (Å²) >= 11 is 6.24. The molecule has 0 unspecified atom stereocenters. The minimum atomic E-state index is -3.81. The van der Waals surface area contributed by atoms with Gasteiger partial charge in [-0.1, -0.05) is 86.1 Å². The van der Waals surface area contributed by atoms with Crippen molar-refractivity contribution in [3.8, 4) is 0 Å². The number of nitrogens with one attached hydrogen (secondary N) is 1. The lowest BCUT2D eigenvalue weighted by Gasteiger charge is -2.34. The SMILES string of the molecule is Cc1ccccc1N(CC(=O)N(Cc1cccc(Cl)c1)[C@@H](Cc1ccccc1)C(=O)NCC(C)C)S(C)(=O)=O. The number of hydrogen-bond acceptors (Lipinski definition) is 4. The van der Waals surface area contributed by atoms with Gasteiger partial charge < -0.3 is 10.2 Å². The Morgan fingerprint density at radius 3 is 2.18 bits per heavy atom. The van der Waals surface area contributed by atoms with E-state index in [9.17, 15) is 18.0 Å². The fraction of sp³-hybridized carbons (Fsp3) is 0.333. The normalized spacial score (nSPS) is 12.2. The Balaban J connectivity index is 2.05. The van der Waals surface area contributed by atoms with Crippen LogP contribution in [-0.2, 0) is 32.6 Å². The number of sulfonamides is 1. The van der Waals surface area contributed by atoms with Crippen molar-refractivity contribution in [2.45, 2.75) is 39.8 Å². The van der Waals surface area contributed by atoms with Crippen molar-refractivity contribution in [1.82, 2.24) is 10.2 Å². The van der Waals surface area contributed by atoms with Gasteiger partial charge in [-0.15, -0.1) is 0 Å². The molecule has 2 amide bonds. The first-order valence-electron chi connectivity index (χ1n) is 12.8. The summed E-state index contributed by atoms with van der Waals surface area (Å²) in [6, 6.07) is 22.6. The van der Waals surface area contributed by atoms with Crippen molar-refractivity contribution in [2.75, 3.05) is 23.7 Å². The largest absolute Gasteiger partial charge is 0.354 e. The van der Waals surface area contributed by atoms with Crippen molar-refractivity contribution in [3.05, 3.63) is 101 Å². The first kappa shape index (κ1) is 30.2. The Bertz CT molecular complexity index is 1380. The van der Waals surface area contributed by atoms with Crippen LogP contribution in [0.3, 0.4) is 0 Å². The molecule has 0 saturated carbocycles. The van der Waals surface area contributed by atoms with E-state index in [1.165, 1.54) is 4.90 Å². The van der Waals surface area contributed by atoms with E-state index >= 15 is 0 Å². The summed E-state index contributed by atoms with van der Waals surface area (Å²) in [7, 11) is -3.81. The molecule has 7 nitrogen and oxygen atoms in total. The number of aryl methyl sites for hydroxylation is 1. The van der Waals surface area contributed by atoms with Gasteiger partial charge in [-0.3, -0.25) is 13.9 Å². The van der Waals surface area contributed by atoms with Crippen LogP contribution in [0, 0.1) is 12.8 Å². The van der Waals surface area contributed by atoms with Gasteiger partial charge in [0.25, 0.3) is 0 Å². The highest BCUT2D eigenvalue weighted by Crippen LogP contribution is 2.24. The van der Waals surface area contributed by atoms with E-state index in [2.05, 4.69) is 5.32 Å². The number of amides is 2. The molecule has 0 aliphatic rings. The second-order valence-electron chi connectivity index (χ2n) is 10.1. The van der Waals surface area contributed by atoms with Gasteiger partial charge >= 0.3 is 0 Å². The molecule has 0 aliphatic carbocycles. The summed E-state index contributed by atoms with van der Waals surface area (Å²) < 4.78 is 26.9. The Kier molecular flexibility index (Phi) is 10.5. The molecule has 0 fully saturated rings. The number of halogens is 1. The number of nitrogens with zero attached hydrogens (tertiary/aromatic N) is 2. The molecule has 3 rings (SSSR count). The summed E-state index contributed by atoms with van der Waals surface area (Å²) in [5.41, 5.74) is 2.74.